The van der Waals surface area contributed by atoms with Crippen LogP contribution in [0.2, 0.25) is 15.1 Å². The summed E-state index contributed by atoms with van der Waals surface area (Å²) in [5.74, 6) is -0.235. The van der Waals surface area contributed by atoms with Gasteiger partial charge in [-0.15, -0.1) is 0 Å². The molecule has 1 fully saturated rings. The molecule has 0 spiro atoms. The maximum Gasteiger partial charge on any atom is 0.243 e. The number of amides is 1. The standard InChI is InChI=1S/C11H11Cl3N2O2/c12-6-3-7(13)10(8(14)4-6)16-11(17)9-5-18-2-1-15-9/h3-4,9,15H,1-2,5H2,(H,16,17). The Morgan fingerprint density at radius 2 is 2.00 bits per heavy atom. The second kappa shape index (κ2) is 6.08. The van der Waals surface area contributed by atoms with Gasteiger partial charge in [-0.3, -0.25) is 4.79 Å². The van der Waals surface area contributed by atoms with E-state index in [-0.39, 0.29) is 5.91 Å². The van der Waals surface area contributed by atoms with Crippen molar-refractivity contribution in [1.29, 1.82) is 0 Å². The van der Waals surface area contributed by atoms with E-state index in [1.807, 2.05) is 0 Å². The summed E-state index contributed by atoms with van der Waals surface area (Å²) in [6.07, 6.45) is 0. The highest BCUT2D eigenvalue weighted by molar-refractivity contribution is 6.42. The molecule has 1 unspecified atom stereocenters. The Morgan fingerprint density at radius 1 is 1.33 bits per heavy atom. The van der Waals surface area contributed by atoms with E-state index >= 15 is 0 Å². The first-order valence-electron chi connectivity index (χ1n) is 5.34. The van der Waals surface area contributed by atoms with Crippen LogP contribution in [0.3, 0.4) is 0 Å². The third-order valence-corrected chi connectivity index (χ3v) is 3.31. The molecule has 0 saturated carbocycles. The molecule has 18 heavy (non-hydrogen) atoms. The van der Waals surface area contributed by atoms with Crippen LogP contribution in [-0.4, -0.2) is 31.7 Å². The Bertz CT molecular complexity index is 439. The number of hydrogen-bond acceptors (Lipinski definition) is 3. The molecule has 1 amide bonds. The number of carbonyl (C=O) groups excluding carboxylic acids is 1. The van der Waals surface area contributed by atoms with Crippen molar-refractivity contribution in [3.05, 3.63) is 27.2 Å². The van der Waals surface area contributed by atoms with E-state index in [9.17, 15) is 4.79 Å². The van der Waals surface area contributed by atoms with Gasteiger partial charge in [-0.05, 0) is 12.1 Å². The number of halogens is 3. The Hall–Kier alpha value is -0.520. The highest BCUT2D eigenvalue weighted by Crippen LogP contribution is 2.33. The lowest BCUT2D eigenvalue weighted by molar-refractivity contribution is -0.120. The van der Waals surface area contributed by atoms with E-state index < -0.39 is 6.04 Å². The predicted octanol–water partition coefficient (Wildman–Crippen LogP) is 2.57. The van der Waals surface area contributed by atoms with Gasteiger partial charge in [0.15, 0.2) is 0 Å². The van der Waals surface area contributed by atoms with Gasteiger partial charge in [-0.1, -0.05) is 34.8 Å². The molecule has 1 saturated heterocycles. The van der Waals surface area contributed by atoms with Crippen molar-refractivity contribution in [3.8, 4) is 0 Å². The van der Waals surface area contributed by atoms with Crippen LogP contribution in [-0.2, 0) is 9.53 Å². The zero-order valence-electron chi connectivity index (χ0n) is 9.30. The van der Waals surface area contributed by atoms with Crippen LogP contribution in [0, 0.1) is 0 Å². The highest BCUT2D eigenvalue weighted by Gasteiger charge is 2.22. The first kappa shape index (κ1) is 13.9. The van der Waals surface area contributed by atoms with Crippen molar-refractivity contribution in [2.45, 2.75) is 6.04 Å². The molecular formula is C11H11Cl3N2O2. The number of hydrogen-bond donors (Lipinski definition) is 2. The maximum atomic E-state index is 12.0. The third kappa shape index (κ3) is 3.28. The first-order chi connectivity index (χ1) is 8.58. The molecule has 0 aromatic heterocycles. The lowest BCUT2D eigenvalue weighted by Crippen LogP contribution is -2.48. The normalized spacial score (nSPS) is 19.6. The quantitative estimate of drug-likeness (QED) is 0.883. The van der Waals surface area contributed by atoms with Gasteiger partial charge in [0.2, 0.25) is 5.91 Å². The number of anilines is 1. The van der Waals surface area contributed by atoms with Crippen molar-refractivity contribution in [2.75, 3.05) is 25.1 Å². The first-order valence-corrected chi connectivity index (χ1v) is 6.48. The molecule has 1 aromatic carbocycles. The van der Waals surface area contributed by atoms with Crippen molar-refractivity contribution in [1.82, 2.24) is 5.32 Å². The third-order valence-electron chi connectivity index (χ3n) is 2.49. The molecule has 0 bridgehead atoms. The predicted molar refractivity (Wildman–Crippen MR) is 72.7 cm³/mol. The SMILES string of the molecule is O=C(Nc1c(Cl)cc(Cl)cc1Cl)C1COCCN1. The summed E-state index contributed by atoms with van der Waals surface area (Å²) in [6.45, 7) is 1.57. The minimum Gasteiger partial charge on any atom is -0.378 e. The zero-order chi connectivity index (χ0) is 13.1. The van der Waals surface area contributed by atoms with Crippen molar-refractivity contribution in [3.63, 3.8) is 0 Å². The largest absolute Gasteiger partial charge is 0.378 e. The van der Waals surface area contributed by atoms with Gasteiger partial charge in [-0.25, -0.2) is 0 Å². The molecule has 1 aliphatic rings. The second-order valence-corrected chi connectivity index (χ2v) is 5.07. The summed E-state index contributed by atoms with van der Waals surface area (Å²) >= 11 is 17.8. The number of ether oxygens (including phenoxy) is 1. The van der Waals surface area contributed by atoms with Crippen LogP contribution in [0.5, 0.6) is 0 Å². The number of carbonyl (C=O) groups is 1. The lowest BCUT2D eigenvalue weighted by atomic mass is 10.2. The number of nitrogens with one attached hydrogen (secondary N) is 2. The van der Waals surface area contributed by atoms with Gasteiger partial charge >= 0.3 is 0 Å². The monoisotopic (exact) mass is 308 g/mol. The fraction of sp³-hybridized carbons (Fsp3) is 0.364. The average molecular weight is 310 g/mol. The van der Waals surface area contributed by atoms with E-state index in [4.69, 9.17) is 39.5 Å². The van der Waals surface area contributed by atoms with Crippen LogP contribution in [0.4, 0.5) is 5.69 Å². The molecule has 0 aliphatic carbocycles. The van der Waals surface area contributed by atoms with E-state index in [2.05, 4.69) is 10.6 Å². The zero-order valence-corrected chi connectivity index (χ0v) is 11.6. The van der Waals surface area contributed by atoms with Gasteiger partial charge < -0.3 is 15.4 Å². The fourth-order valence-electron chi connectivity index (χ4n) is 1.61. The summed E-state index contributed by atoms with van der Waals surface area (Å²) in [6, 6.07) is 2.65. The summed E-state index contributed by atoms with van der Waals surface area (Å²) in [4.78, 5) is 12.0. The van der Waals surface area contributed by atoms with Gasteiger partial charge in [0, 0.05) is 11.6 Å². The molecule has 98 valence electrons. The lowest BCUT2D eigenvalue weighted by Gasteiger charge is -2.23. The second-order valence-electron chi connectivity index (χ2n) is 3.82. The van der Waals surface area contributed by atoms with Crippen molar-refractivity contribution in [2.24, 2.45) is 0 Å². The Balaban J connectivity index is 2.11. The van der Waals surface area contributed by atoms with Crippen LogP contribution >= 0.6 is 34.8 Å². The van der Waals surface area contributed by atoms with E-state index in [1.165, 1.54) is 12.1 Å². The highest BCUT2D eigenvalue weighted by atomic mass is 35.5. The molecular weight excluding hydrogens is 298 g/mol. The molecule has 1 aliphatic heterocycles. The molecule has 4 nitrogen and oxygen atoms in total. The minimum absolute atomic E-state index is 0.235. The van der Waals surface area contributed by atoms with Gasteiger partial charge in [0.05, 0.1) is 28.9 Å². The molecule has 2 N–H and O–H groups in total. The van der Waals surface area contributed by atoms with Crippen LogP contribution in [0.25, 0.3) is 0 Å². The van der Waals surface area contributed by atoms with E-state index in [0.29, 0.717) is 40.5 Å². The minimum atomic E-state index is -0.401. The molecule has 7 heteroatoms. The van der Waals surface area contributed by atoms with Gasteiger partial charge in [-0.2, -0.15) is 0 Å². The Morgan fingerprint density at radius 3 is 2.56 bits per heavy atom. The molecule has 0 radical (unpaired) electrons. The number of benzene rings is 1. The molecule has 1 aromatic rings. The summed E-state index contributed by atoms with van der Waals surface area (Å²) in [5.41, 5.74) is 0.361. The van der Waals surface area contributed by atoms with Crippen molar-refractivity contribution < 1.29 is 9.53 Å². The molecule has 2 rings (SSSR count). The van der Waals surface area contributed by atoms with E-state index in [1.54, 1.807) is 0 Å². The topological polar surface area (TPSA) is 50.4 Å². The summed E-state index contributed by atoms with van der Waals surface area (Å²) in [7, 11) is 0. The Labute approximate surface area is 120 Å². The van der Waals surface area contributed by atoms with Gasteiger partial charge in [0.1, 0.15) is 6.04 Å². The van der Waals surface area contributed by atoms with Crippen LogP contribution in [0.15, 0.2) is 12.1 Å². The number of rotatable bonds is 2. The van der Waals surface area contributed by atoms with Crippen LogP contribution in [0.1, 0.15) is 0 Å². The molecule has 1 heterocycles. The average Bonchev–Trinajstić information content (AvgIpc) is 2.34. The fourth-order valence-corrected chi connectivity index (χ4v) is 2.52. The smallest absolute Gasteiger partial charge is 0.243 e. The summed E-state index contributed by atoms with van der Waals surface area (Å²) < 4.78 is 5.21. The molecule has 1 atom stereocenters. The van der Waals surface area contributed by atoms with Crippen molar-refractivity contribution >= 4 is 46.4 Å². The summed E-state index contributed by atoms with van der Waals surface area (Å²) in [5, 5.41) is 6.74. The Kier molecular flexibility index (Phi) is 4.70. The maximum absolute atomic E-state index is 12.0. The van der Waals surface area contributed by atoms with E-state index in [0.717, 1.165) is 0 Å². The number of morpholine rings is 1. The van der Waals surface area contributed by atoms with Gasteiger partial charge in [0.25, 0.3) is 0 Å². The van der Waals surface area contributed by atoms with Crippen LogP contribution < -0.4 is 10.6 Å².